The third-order valence-electron chi connectivity index (χ3n) is 3.47. The lowest BCUT2D eigenvalue weighted by atomic mass is 10.1. The first-order chi connectivity index (χ1) is 8.18. The molecule has 6 nitrogen and oxygen atoms in total. The van der Waals surface area contributed by atoms with Crippen molar-refractivity contribution in [2.24, 2.45) is 0 Å². The number of carboxylic acids is 1. The van der Waals surface area contributed by atoms with Gasteiger partial charge in [-0.05, 0) is 38.8 Å². The van der Waals surface area contributed by atoms with Crippen LogP contribution >= 0.6 is 0 Å². The number of hydrogen-bond acceptors (Lipinski definition) is 3. The van der Waals surface area contributed by atoms with Gasteiger partial charge in [0.1, 0.15) is 6.04 Å². The maximum Gasteiger partial charge on any atom is 0.326 e. The Morgan fingerprint density at radius 1 is 1.24 bits per heavy atom. The van der Waals surface area contributed by atoms with E-state index in [0.29, 0.717) is 13.0 Å². The number of carbonyl (C=O) groups is 2. The summed E-state index contributed by atoms with van der Waals surface area (Å²) < 4.78 is 0. The molecule has 2 rings (SSSR count). The Kier molecular flexibility index (Phi) is 3.83. The van der Waals surface area contributed by atoms with E-state index in [2.05, 4.69) is 10.6 Å². The van der Waals surface area contributed by atoms with Crippen LogP contribution < -0.4 is 10.6 Å². The van der Waals surface area contributed by atoms with Crippen molar-refractivity contribution in [3.8, 4) is 0 Å². The molecule has 17 heavy (non-hydrogen) atoms. The second kappa shape index (κ2) is 5.35. The van der Waals surface area contributed by atoms with E-state index in [0.717, 1.165) is 32.4 Å². The Labute approximate surface area is 100 Å². The fourth-order valence-corrected chi connectivity index (χ4v) is 2.49. The summed E-state index contributed by atoms with van der Waals surface area (Å²) in [5, 5.41) is 15.2. The highest BCUT2D eigenvalue weighted by Crippen LogP contribution is 2.17. The summed E-state index contributed by atoms with van der Waals surface area (Å²) in [6.07, 6.45) is 3.17. The highest BCUT2D eigenvalue weighted by Gasteiger charge is 2.34. The zero-order valence-electron chi connectivity index (χ0n) is 9.82. The van der Waals surface area contributed by atoms with Gasteiger partial charge in [0.25, 0.3) is 0 Å². The van der Waals surface area contributed by atoms with Crippen molar-refractivity contribution in [3.63, 3.8) is 0 Å². The molecule has 0 aromatic heterocycles. The Bertz CT molecular complexity index is 302. The number of likely N-dealkylation sites (tertiary alicyclic amines) is 1. The van der Waals surface area contributed by atoms with Crippen LogP contribution in [0.5, 0.6) is 0 Å². The first kappa shape index (κ1) is 12.2. The summed E-state index contributed by atoms with van der Waals surface area (Å²) in [4.78, 5) is 24.4. The van der Waals surface area contributed by atoms with E-state index in [-0.39, 0.29) is 12.1 Å². The molecule has 2 aliphatic heterocycles. The van der Waals surface area contributed by atoms with Crippen LogP contribution in [0.1, 0.15) is 25.7 Å². The molecule has 0 aliphatic carbocycles. The van der Waals surface area contributed by atoms with Crippen LogP contribution in [0.3, 0.4) is 0 Å². The van der Waals surface area contributed by atoms with Gasteiger partial charge in [-0.25, -0.2) is 9.59 Å². The lowest BCUT2D eigenvalue weighted by Crippen LogP contribution is -2.51. The van der Waals surface area contributed by atoms with Crippen molar-refractivity contribution in [2.45, 2.75) is 37.8 Å². The summed E-state index contributed by atoms with van der Waals surface area (Å²) in [5.41, 5.74) is 0. The van der Waals surface area contributed by atoms with Gasteiger partial charge in [0.05, 0.1) is 0 Å². The van der Waals surface area contributed by atoms with E-state index in [4.69, 9.17) is 5.11 Å². The van der Waals surface area contributed by atoms with Gasteiger partial charge in [-0.3, -0.25) is 0 Å². The van der Waals surface area contributed by atoms with Crippen LogP contribution in [0.2, 0.25) is 0 Å². The molecule has 2 aliphatic rings. The van der Waals surface area contributed by atoms with Gasteiger partial charge in [-0.1, -0.05) is 0 Å². The standard InChI is InChI=1S/C11H19N3O3/c15-10(16)9-2-1-7-14(9)11(17)13-8-3-5-12-6-4-8/h8-9,12H,1-7H2,(H,13,17)(H,15,16)/t9-/m0/s1. The zero-order valence-corrected chi connectivity index (χ0v) is 9.82. The molecule has 0 radical (unpaired) electrons. The van der Waals surface area contributed by atoms with E-state index in [1.807, 2.05) is 0 Å². The van der Waals surface area contributed by atoms with Gasteiger partial charge < -0.3 is 20.6 Å². The molecule has 2 heterocycles. The van der Waals surface area contributed by atoms with Crippen molar-refractivity contribution in [3.05, 3.63) is 0 Å². The number of rotatable bonds is 2. The fraction of sp³-hybridized carbons (Fsp3) is 0.818. The minimum Gasteiger partial charge on any atom is -0.480 e. The minimum atomic E-state index is -0.900. The maximum atomic E-state index is 12.0. The van der Waals surface area contributed by atoms with Crippen molar-refractivity contribution in [1.82, 2.24) is 15.5 Å². The smallest absolute Gasteiger partial charge is 0.326 e. The SMILES string of the molecule is O=C(O)[C@@H]1CCCN1C(=O)NC1CCNCC1. The lowest BCUT2D eigenvalue weighted by molar-refractivity contribution is -0.141. The number of carboxylic acid groups (broad SMARTS) is 1. The number of nitrogens with zero attached hydrogens (tertiary/aromatic N) is 1. The number of urea groups is 1. The monoisotopic (exact) mass is 241 g/mol. The summed E-state index contributed by atoms with van der Waals surface area (Å²) >= 11 is 0. The fourth-order valence-electron chi connectivity index (χ4n) is 2.49. The van der Waals surface area contributed by atoms with Gasteiger partial charge in [0.2, 0.25) is 0 Å². The number of carbonyl (C=O) groups excluding carboxylic acids is 1. The molecule has 2 saturated heterocycles. The molecule has 0 spiro atoms. The summed E-state index contributed by atoms with van der Waals surface area (Å²) in [7, 11) is 0. The van der Waals surface area contributed by atoms with Gasteiger partial charge in [0.15, 0.2) is 0 Å². The van der Waals surface area contributed by atoms with Crippen molar-refractivity contribution in [1.29, 1.82) is 0 Å². The number of nitrogens with one attached hydrogen (secondary N) is 2. The average Bonchev–Trinajstić information content (AvgIpc) is 2.79. The Balaban J connectivity index is 1.88. The molecule has 0 saturated carbocycles. The van der Waals surface area contributed by atoms with E-state index in [1.165, 1.54) is 4.90 Å². The molecule has 1 atom stereocenters. The number of piperidine rings is 1. The molecule has 0 aromatic carbocycles. The minimum absolute atomic E-state index is 0.179. The highest BCUT2D eigenvalue weighted by atomic mass is 16.4. The molecule has 0 unspecified atom stereocenters. The van der Waals surface area contributed by atoms with Gasteiger partial charge >= 0.3 is 12.0 Å². The molecule has 2 fully saturated rings. The van der Waals surface area contributed by atoms with Crippen LogP contribution in [0.25, 0.3) is 0 Å². The van der Waals surface area contributed by atoms with E-state index < -0.39 is 12.0 Å². The second-order valence-corrected chi connectivity index (χ2v) is 4.66. The van der Waals surface area contributed by atoms with Crippen LogP contribution in [0, 0.1) is 0 Å². The molecule has 2 amide bonds. The summed E-state index contributed by atoms with van der Waals surface area (Å²) in [6.45, 7) is 2.37. The third kappa shape index (κ3) is 2.88. The van der Waals surface area contributed by atoms with Crippen LogP contribution in [-0.4, -0.2) is 53.7 Å². The van der Waals surface area contributed by atoms with Gasteiger partial charge in [0, 0.05) is 12.6 Å². The first-order valence-electron chi connectivity index (χ1n) is 6.19. The quantitative estimate of drug-likeness (QED) is 0.635. The molecule has 0 aromatic rings. The third-order valence-corrected chi connectivity index (χ3v) is 3.47. The highest BCUT2D eigenvalue weighted by molar-refractivity contribution is 5.83. The van der Waals surface area contributed by atoms with Crippen molar-refractivity contribution >= 4 is 12.0 Å². The lowest BCUT2D eigenvalue weighted by Gasteiger charge is -2.28. The molecule has 96 valence electrons. The average molecular weight is 241 g/mol. The van der Waals surface area contributed by atoms with Gasteiger partial charge in [-0.15, -0.1) is 0 Å². The second-order valence-electron chi connectivity index (χ2n) is 4.66. The molecular weight excluding hydrogens is 222 g/mol. The topological polar surface area (TPSA) is 81.7 Å². The summed E-state index contributed by atoms with van der Waals surface area (Å²) in [6, 6.07) is -0.683. The number of aliphatic carboxylic acids is 1. The largest absolute Gasteiger partial charge is 0.480 e. The normalized spacial score (nSPS) is 25.9. The summed E-state index contributed by atoms with van der Waals surface area (Å²) in [5.74, 6) is -0.900. The molecule has 6 heteroatoms. The maximum absolute atomic E-state index is 12.0. The molecular formula is C11H19N3O3. The molecule has 3 N–H and O–H groups in total. The Hall–Kier alpha value is -1.30. The first-order valence-corrected chi connectivity index (χ1v) is 6.19. The van der Waals surface area contributed by atoms with Crippen LogP contribution in [-0.2, 0) is 4.79 Å². The van der Waals surface area contributed by atoms with E-state index in [1.54, 1.807) is 0 Å². The number of amides is 2. The predicted molar refractivity (Wildman–Crippen MR) is 61.8 cm³/mol. The van der Waals surface area contributed by atoms with Gasteiger partial charge in [-0.2, -0.15) is 0 Å². The Morgan fingerprint density at radius 2 is 1.94 bits per heavy atom. The number of hydrogen-bond donors (Lipinski definition) is 3. The zero-order chi connectivity index (χ0) is 12.3. The van der Waals surface area contributed by atoms with E-state index >= 15 is 0 Å². The van der Waals surface area contributed by atoms with E-state index in [9.17, 15) is 9.59 Å². The predicted octanol–water partition coefficient (Wildman–Crippen LogP) is -0.00300. The van der Waals surface area contributed by atoms with Crippen LogP contribution in [0.15, 0.2) is 0 Å². The molecule has 0 bridgehead atoms. The Morgan fingerprint density at radius 3 is 2.59 bits per heavy atom. The van der Waals surface area contributed by atoms with Crippen molar-refractivity contribution < 1.29 is 14.7 Å². The van der Waals surface area contributed by atoms with Crippen LogP contribution in [0.4, 0.5) is 4.79 Å². The van der Waals surface area contributed by atoms with Crippen molar-refractivity contribution in [2.75, 3.05) is 19.6 Å².